The van der Waals surface area contributed by atoms with Crippen LogP contribution in [0.5, 0.6) is 0 Å². The molecule has 0 amide bonds. The minimum atomic E-state index is -0.0147. The van der Waals surface area contributed by atoms with Crippen molar-refractivity contribution >= 4 is 27.6 Å². The first-order valence-electron chi connectivity index (χ1n) is 6.62. The summed E-state index contributed by atoms with van der Waals surface area (Å²) in [5.74, 6) is 1.89. The molecule has 0 aliphatic carbocycles. The van der Waals surface area contributed by atoms with Crippen molar-refractivity contribution in [2.24, 2.45) is 5.92 Å². The van der Waals surface area contributed by atoms with E-state index >= 15 is 0 Å². The summed E-state index contributed by atoms with van der Waals surface area (Å²) in [6.07, 6.45) is 6.33. The average Bonchev–Trinajstić information content (AvgIpc) is 2.76. The molecule has 2 nitrogen and oxygen atoms in total. The number of unbranched alkanes of at least 4 members (excludes halogenated alkanes) is 1. The van der Waals surface area contributed by atoms with Crippen LogP contribution in [0.25, 0.3) is 0 Å². The van der Waals surface area contributed by atoms with E-state index in [4.69, 9.17) is 4.74 Å². The number of carbonyl (C=O) groups excluding carboxylic acids is 1. The number of hydrogen-bond donors (Lipinski definition) is 0. The van der Waals surface area contributed by atoms with Crippen LogP contribution in [0, 0.1) is 5.92 Å². The molecule has 0 bridgehead atoms. The maximum absolute atomic E-state index is 11.4. The second-order valence-electron chi connectivity index (χ2n) is 4.98. The highest BCUT2D eigenvalue weighted by Gasteiger charge is 2.15. The monoisotopic (exact) mass is 276 g/mol. The van der Waals surface area contributed by atoms with Crippen LogP contribution in [0.4, 0.5) is 0 Å². The highest BCUT2D eigenvalue weighted by Crippen LogP contribution is 2.39. The van der Waals surface area contributed by atoms with Crippen molar-refractivity contribution < 1.29 is 9.53 Å². The molecule has 4 heteroatoms. The molecule has 0 unspecified atom stereocenters. The SMILES string of the molecule is CC(C)CCOC(=O)CCCC[C@H]1CCSS1. The molecule has 1 aliphatic heterocycles. The van der Waals surface area contributed by atoms with E-state index in [1.807, 2.05) is 21.6 Å². The summed E-state index contributed by atoms with van der Waals surface area (Å²) in [7, 11) is 4.00. The zero-order valence-corrected chi connectivity index (χ0v) is 12.6. The Labute approximate surface area is 113 Å². The number of esters is 1. The summed E-state index contributed by atoms with van der Waals surface area (Å²) in [6, 6.07) is 0. The molecule has 0 aromatic heterocycles. The predicted octanol–water partition coefficient (Wildman–Crippen LogP) is 4.29. The highest BCUT2D eigenvalue weighted by molar-refractivity contribution is 8.77. The molecule has 1 rings (SSSR count). The second kappa shape index (κ2) is 9.15. The molecule has 0 saturated carbocycles. The third-order valence-electron chi connectivity index (χ3n) is 2.84. The lowest BCUT2D eigenvalue weighted by Crippen LogP contribution is -2.07. The van der Waals surface area contributed by atoms with E-state index in [9.17, 15) is 4.79 Å². The Bertz CT molecular complexity index is 213. The molecule has 0 N–H and O–H groups in total. The maximum Gasteiger partial charge on any atom is 0.305 e. The zero-order valence-electron chi connectivity index (χ0n) is 10.9. The average molecular weight is 276 g/mol. The quantitative estimate of drug-likeness (QED) is 0.375. The summed E-state index contributed by atoms with van der Waals surface area (Å²) in [4.78, 5) is 11.4. The molecule has 17 heavy (non-hydrogen) atoms. The van der Waals surface area contributed by atoms with E-state index in [0.29, 0.717) is 18.9 Å². The third kappa shape index (κ3) is 7.98. The van der Waals surface area contributed by atoms with Gasteiger partial charge < -0.3 is 4.74 Å². The first kappa shape index (κ1) is 15.2. The van der Waals surface area contributed by atoms with Crippen LogP contribution in [-0.2, 0) is 9.53 Å². The fourth-order valence-corrected chi connectivity index (χ4v) is 4.71. The molecule has 0 radical (unpaired) electrons. The molecule has 1 saturated heterocycles. The minimum Gasteiger partial charge on any atom is -0.466 e. The van der Waals surface area contributed by atoms with Gasteiger partial charge in [0.1, 0.15) is 0 Å². The third-order valence-corrected chi connectivity index (χ3v) is 5.85. The lowest BCUT2D eigenvalue weighted by molar-refractivity contribution is -0.144. The Morgan fingerprint density at radius 3 is 2.88 bits per heavy atom. The largest absolute Gasteiger partial charge is 0.466 e. The van der Waals surface area contributed by atoms with Crippen LogP contribution >= 0.6 is 21.6 Å². The standard InChI is InChI=1S/C13H24O2S2/c1-11(2)7-9-15-13(14)6-4-3-5-12-8-10-16-17-12/h11-12H,3-10H2,1-2H3/t12-/m0/s1. The van der Waals surface area contributed by atoms with Gasteiger partial charge in [-0.05, 0) is 31.6 Å². The van der Waals surface area contributed by atoms with E-state index in [1.165, 1.54) is 18.6 Å². The van der Waals surface area contributed by atoms with Gasteiger partial charge in [0, 0.05) is 17.4 Å². The van der Waals surface area contributed by atoms with Gasteiger partial charge in [-0.3, -0.25) is 4.79 Å². The molecular formula is C13H24O2S2. The summed E-state index contributed by atoms with van der Waals surface area (Å²) in [5, 5.41) is 0.831. The molecular weight excluding hydrogens is 252 g/mol. The molecule has 0 spiro atoms. The highest BCUT2D eigenvalue weighted by atomic mass is 33.1. The summed E-state index contributed by atoms with van der Waals surface area (Å²) in [6.45, 7) is 4.88. The second-order valence-corrected chi connectivity index (χ2v) is 7.77. The minimum absolute atomic E-state index is 0.0147. The van der Waals surface area contributed by atoms with Crippen molar-refractivity contribution in [3.63, 3.8) is 0 Å². The molecule has 1 heterocycles. The van der Waals surface area contributed by atoms with E-state index < -0.39 is 0 Å². The maximum atomic E-state index is 11.4. The topological polar surface area (TPSA) is 26.3 Å². The Balaban J connectivity index is 1.89. The van der Waals surface area contributed by atoms with Crippen molar-refractivity contribution in [3.8, 4) is 0 Å². The Morgan fingerprint density at radius 1 is 1.41 bits per heavy atom. The molecule has 0 aromatic rings. The van der Waals surface area contributed by atoms with E-state index in [2.05, 4.69) is 13.8 Å². The van der Waals surface area contributed by atoms with Gasteiger partial charge >= 0.3 is 5.97 Å². The van der Waals surface area contributed by atoms with Crippen LogP contribution in [0.1, 0.15) is 52.4 Å². The van der Waals surface area contributed by atoms with Gasteiger partial charge in [0.2, 0.25) is 0 Å². The number of ether oxygens (including phenoxy) is 1. The normalized spacial score (nSPS) is 19.8. The van der Waals surface area contributed by atoms with Gasteiger partial charge in [0.25, 0.3) is 0 Å². The summed E-state index contributed by atoms with van der Waals surface area (Å²) >= 11 is 0. The van der Waals surface area contributed by atoms with Crippen LogP contribution in [-0.4, -0.2) is 23.6 Å². The fraction of sp³-hybridized carbons (Fsp3) is 0.923. The van der Waals surface area contributed by atoms with Crippen LogP contribution in [0.2, 0.25) is 0 Å². The Morgan fingerprint density at radius 2 is 2.24 bits per heavy atom. The van der Waals surface area contributed by atoms with E-state index in [-0.39, 0.29) is 5.97 Å². The molecule has 1 fully saturated rings. The van der Waals surface area contributed by atoms with Crippen molar-refractivity contribution in [3.05, 3.63) is 0 Å². The summed E-state index contributed by atoms with van der Waals surface area (Å²) in [5.41, 5.74) is 0. The molecule has 1 atom stereocenters. The lowest BCUT2D eigenvalue weighted by Gasteiger charge is -2.08. The Hall–Kier alpha value is 0.170. The van der Waals surface area contributed by atoms with Crippen LogP contribution < -0.4 is 0 Å². The van der Waals surface area contributed by atoms with Gasteiger partial charge in [-0.1, -0.05) is 41.9 Å². The van der Waals surface area contributed by atoms with Gasteiger partial charge in [0.15, 0.2) is 0 Å². The lowest BCUT2D eigenvalue weighted by atomic mass is 10.1. The molecule has 1 aliphatic rings. The van der Waals surface area contributed by atoms with Crippen molar-refractivity contribution in [2.45, 2.75) is 57.6 Å². The van der Waals surface area contributed by atoms with E-state index in [1.54, 1.807) is 0 Å². The van der Waals surface area contributed by atoms with E-state index in [0.717, 1.165) is 24.5 Å². The summed E-state index contributed by atoms with van der Waals surface area (Å²) < 4.78 is 5.18. The van der Waals surface area contributed by atoms with Gasteiger partial charge in [0.05, 0.1) is 6.61 Å². The molecule has 100 valence electrons. The van der Waals surface area contributed by atoms with Crippen LogP contribution in [0.15, 0.2) is 0 Å². The zero-order chi connectivity index (χ0) is 12.5. The smallest absolute Gasteiger partial charge is 0.305 e. The van der Waals surface area contributed by atoms with Crippen molar-refractivity contribution in [1.29, 1.82) is 0 Å². The van der Waals surface area contributed by atoms with Gasteiger partial charge in [-0.2, -0.15) is 0 Å². The fourth-order valence-electron chi connectivity index (χ4n) is 1.69. The van der Waals surface area contributed by atoms with Crippen molar-refractivity contribution in [1.82, 2.24) is 0 Å². The van der Waals surface area contributed by atoms with Crippen LogP contribution in [0.3, 0.4) is 0 Å². The Kier molecular flexibility index (Phi) is 8.19. The first-order chi connectivity index (χ1) is 8.18. The first-order valence-corrected chi connectivity index (χ1v) is 9.00. The number of hydrogen-bond acceptors (Lipinski definition) is 4. The number of rotatable bonds is 8. The van der Waals surface area contributed by atoms with Crippen molar-refractivity contribution in [2.75, 3.05) is 12.4 Å². The van der Waals surface area contributed by atoms with Gasteiger partial charge in [-0.25, -0.2) is 0 Å². The van der Waals surface area contributed by atoms with Gasteiger partial charge in [-0.15, -0.1) is 0 Å². The number of carbonyl (C=O) groups is 1. The predicted molar refractivity (Wildman–Crippen MR) is 77.3 cm³/mol. The molecule has 0 aromatic carbocycles.